The fraction of sp³-hybridized carbons (Fsp3) is 0.737. The van der Waals surface area contributed by atoms with Gasteiger partial charge in [-0.2, -0.15) is 20.3 Å². The summed E-state index contributed by atoms with van der Waals surface area (Å²) in [6, 6.07) is 30.2. The fourth-order valence-corrected chi connectivity index (χ4v) is 19.3. The minimum Gasteiger partial charge on any atom is -0.488 e. The number of unbranched alkanes of at least 4 members (excludes halogenated alkanes) is 16. The number of rotatable bonds is 39. The zero-order valence-electron chi connectivity index (χ0n) is 55.0. The van der Waals surface area contributed by atoms with E-state index in [2.05, 4.69) is 61.8 Å². The molecule has 0 radical (unpaired) electrons. The van der Waals surface area contributed by atoms with E-state index in [0.717, 1.165) is 90.7 Å². The molecular formula is C76H116AlIO9. The summed E-state index contributed by atoms with van der Waals surface area (Å²) in [7, 11) is 0. The van der Waals surface area contributed by atoms with Gasteiger partial charge in [0.05, 0.1) is 32.0 Å². The molecular weight excluding hydrogens is 1210 g/mol. The first-order valence-corrected chi connectivity index (χ1v) is 41.2. The lowest BCUT2D eigenvalue weighted by atomic mass is 9.44. The highest BCUT2D eigenvalue weighted by molar-refractivity contribution is 14.1. The Morgan fingerprint density at radius 1 is 0.506 bits per heavy atom. The lowest BCUT2D eigenvalue weighted by molar-refractivity contribution is -0.268. The standard InChI is InChI=1S/C76H115O9.Al.HI.H/c1-7-8-9-10-11-12-13-14-15-16-17-18-19-20-21-22-32-42-67(77)84-74-71(69(79)70(81-52-58-36-26-23-27-37-58)72(82-53-59-38-28-24-29-39-59)73(74)83-54-60-40-30-25-31-41-60)85-68(78)55-80-62-47-49-75(5)61(51-62)43-44-63-65-46-45-64(57(4)35-33-34-56(2)3)76(65,6)50-48-66(63)75;;;/h23-31,36-41,56-57,61-66,69-74H,7-22,32-35,42-55H2,1-6H3;;1H;/q-1;+2;;/p-1/t57?,61?,62-,63?,64+,65?,66?,69+,70+,71-,72-,73?,74-,75-,76+;;;/m0.../s1. The van der Waals surface area contributed by atoms with Gasteiger partial charge in [0.25, 0.3) is 0 Å². The number of ether oxygens (including phenoxy) is 6. The molecule has 0 aliphatic heterocycles. The molecule has 0 aromatic heterocycles. The molecule has 0 heterocycles. The minimum atomic E-state index is -1.19. The number of esters is 2. The molecule has 484 valence electrons. The normalized spacial score (nSPS) is 29.8. The van der Waals surface area contributed by atoms with Crippen LogP contribution in [0.15, 0.2) is 91.0 Å². The van der Waals surface area contributed by atoms with Crippen molar-refractivity contribution in [2.75, 3.05) is 6.61 Å². The summed E-state index contributed by atoms with van der Waals surface area (Å²) in [4.78, 5) is 29.2. The number of halogens is 1. The third-order valence-corrected chi connectivity index (χ3v) is 23.9. The van der Waals surface area contributed by atoms with E-state index >= 15 is 0 Å². The molecule has 11 heteroatoms. The molecule has 9 nitrogen and oxygen atoms in total. The van der Waals surface area contributed by atoms with Gasteiger partial charge in [-0.05, 0) is 133 Å². The molecule has 0 saturated heterocycles. The monoisotopic (exact) mass is 1330 g/mol. The summed E-state index contributed by atoms with van der Waals surface area (Å²) in [5, 5.41) is 0. The van der Waals surface area contributed by atoms with Crippen molar-refractivity contribution < 1.29 is 41.8 Å². The van der Waals surface area contributed by atoms with Gasteiger partial charge in [-0.1, -0.05) is 255 Å². The second-order valence-corrected chi connectivity index (χ2v) is 31.2. The Morgan fingerprint density at radius 3 is 1.51 bits per heavy atom. The molecule has 0 bridgehead atoms. The van der Waals surface area contributed by atoms with Crippen LogP contribution in [0, 0.1) is 52.3 Å². The summed E-state index contributed by atoms with van der Waals surface area (Å²) >= 11 is 1.14. The molecule has 5 saturated carbocycles. The second-order valence-electron chi connectivity index (χ2n) is 28.7. The largest absolute Gasteiger partial charge is 0.526 e. The predicted molar refractivity (Wildman–Crippen MR) is 362 cm³/mol. The maximum absolute atomic E-state index is 14.7. The highest BCUT2D eigenvalue weighted by Gasteiger charge is 2.61. The van der Waals surface area contributed by atoms with Crippen LogP contribution in [0.5, 0.6) is 0 Å². The van der Waals surface area contributed by atoms with Gasteiger partial charge >= 0.3 is 24.2 Å². The van der Waals surface area contributed by atoms with Crippen LogP contribution in [0.1, 0.15) is 251 Å². The number of carbonyl (C=O) groups is 2. The van der Waals surface area contributed by atoms with Crippen molar-refractivity contribution in [3.8, 4) is 0 Å². The summed E-state index contributed by atoms with van der Waals surface area (Å²) in [5.41, 5.74) is 3.70. The van der Waals surface area contributed by atoms with E-state index in [1.165, 1.54) is 148 Å². The minimum absolute atomic E-state index is 0.0263. The van der Waals surface area contributed by atoms with Crippen LogP contribution in [0.3, 0.4) is 0 Å². The van der Waals surface area contributed by atoms with Crippen LogP contribution >= 0.6 is 20.3 Å². The van der Waals surface area contributed by atoms with E-state index in [9.17, 15) is 9.59 Å². The van der Waals surface area contributed by atoms with E-state index in [1.54, 1.807) is 0 Å². The fourth-order valence-electron chi connectivity index (χ4n) is 17.5. The van der Waals surface area contributed by atoms with Gasteiger partial charge in [-0.25, -0.2) is 4.79 Å². The molecule has 0 spiro atoms. The van der Waals surface area contributed by atoms with Crippen molar-refractivity contribution in [3.05, 3.63) is 108 Å². The van der Waals surface area contributed by atoms with Crippen molar-refractivity contribution in [2.45, 2.75) is 297 Å². The Labute approximate surface area is 545 Å². The van der Waals surface area contributed by atoms with E-state index in [0.29, 0.717) is 16.7 Å². The van der Waals surface area contributed by atoms with Crippen LogP contribution in [-0.4, -0.2) is 73.5 Å². The lowest BCUT2D eigenvalue weighted by Crippen LogP contribution is -2.68. The number of benzene rings is 3. The van der Waals surface area contributed by atoms with Crippen LogP contribution in [0.25, 0.3) is 0 Å². The first-order chi connectivity index (χ1) is 42.4. The molecule has 5 aliphatic carbocycles. The van der Waals surface area contributed by atoms with E-state index < -0.39 is 54.9 Å². The molecule has 15 atom stereocenters. The molecule has 5 aliphatic rings. The molecule has 3 aromatic rings. The van der Waals surface area contributed by atoms with Crippen LogP contribution in [0.4, 0.5) is 0 Å². The Morgan fingerprint density at radius 2 is 0.977 bits per heavy atom. The van der Waals surface area contributed by atoms with Crippen LogP contribution in [0.2, 0.25) is 0 Å². The van der Waals surface area contributed by atoms with Gasteiger partial charge in [0.15, 0.2) is 12.2 Å². The van der Waals surface area contributed by atoms with E-state index in [1.807, 2.05) is 91.0 Å². The van der Waals surface area contributed by atoms with Crippen molar-refractivity contribution in [3.63, 3.8) is 0 Å². The Kier molecular flexibility index (Phi) is 30.3. The summed E-state index contributed by atoms with van der Waals surface area (Å²) in [5.74, 6) is 4.65. The second kappa shape index (κ2) is 37.4. The number of carbonyl (C=O) groups excluding carboxylic acids is 2. The van der Waals surface area contributed by atoms with Gasteiger partial charge in [0.1, 0.15) is 24.9 Å². The molecule has 3 aromatic carbocycles. The maximum Gasteiger partial charge on any atom is 0.526 e. The number of hydrogen-bond donors (Lipinski definition) is 0. The topological polar surface area (TPSA) is 98.8 Å². The first-order valence-electron chi connectivity index (χ1n) is 35.6. The van der Waals surface area contributed by atoms with Crippen molar-refractivity contribution in [1.82, 2.24) is 0 Å². The highest BCUT2D eigenvalue weighted by atomic mass is 127. The third-order valence-electron chi connectivity index (χ3n) is 22.3. The zero-order valence-corrected chi connectivity index (χ0v) is 58.6. The number of fused-ring (bicyclic) bond motifs is 5. The first kappa shape index (κ1) is 70.5. The van der Waals surface area contributed by atoms with Crippen LogP contribution in [-0.2, 0) is 61.6 Å². The zero-order chi connectivity index (χ0) is 61.3. The lowest BCUT2D eigenvalue weighted by Gasteiger charge is -2.61. The summed E-state index contributed by atoms with van der Waals surface area (Å²) in [6.45, 7) is 15.5. The van der Waals surface area contributed by atoms with Crippen molar-refractivity contribution in [1.29, 1.82) is 0 Å². The SMILES string of the molecule is CCCCCCCCCCCCCCCCCCCC(=O)O[C@@H]1C(OCc2ccccc2)[C@@H](OCc2ccccc2)[C@H](OCc2ccccc2)[C@@H]([O][AlH][I])[C@@H]1OC(=O)CO[C@H]1CC[C@@]2(C)C(CCC3C2CC[C@@]2(C)C3CC[C@@H]2C(C)CCCC(C)C)C1. The molecule has 0 N–H and O–H groups in total. The molecule has 8 rings (SSSR count). The Hall–Kier alpha value is -2.34. The van der Waals surface area contributed by atoms with Crippen molar-refractivity contribution in [2.24, 2.45) is 52.3 Å². The van der Waals surface area contributed by atoms with Crippen molar-refractivity contribution >= 4 is 44.5 Å². The van der Waals surface area contributed by atoms with Gasteiger partial charge in [-0.3, -0.25) is 4.79 Å². The van der Waals surface area contributed by atoms with E-state index in [4.69, 9.17) is 32.2 Å². The Balaban J connectivity index is 0.931. The van der Waals surface area contributed by atoms with Crippen LogP contribution < -0.4 is 0 Å². The quantitative estimate of drug-likeness (QED) is 0.0239. The highest BCUT2D eigenvalue weighted by Crippen LogP contribution is 2.68. The summed E-state index contributed by atoms with van der Waals surface area (Å²) in [6.07, 6.45) is 31.7. The third kappa shape index (κ3) is 20.8. The average molecular weight is 1330 g/mol. The van der Waals surface area contributed by atoms with Gasteiger partial charge in [-0.15, -0.1) is 0 Å². The molecule has 87 heavy (non-hydrogen) atoms. The smallest absolute Gasteiger partial charge is 0.488 e. The predicted octanol–water partition coefficient (Wildman–Crippen LogP) is 19.2. The maximum atomic E-state index is 14.7. The van der Waals surface area contributed by atoms with Gasteiger partial charge in [0.2, 0.25) is 0 Å². The van der Waals surface area contributed by atoms with Gasteiger partial charge < -0.3 is 32.2 Å². The number of hydrogen-bond acceptors (Lipinski definition) is 9. The summed E-state index contributed by atoms with van der Waals surface area (Å²) < 4.78 is 48.0. The van der Waals surface area contributed by atoms with E-state index in [-0.39, 0.29) is 44.9 Å². The Bertz CT molecular complexity index is 2380. The molecule has 5 fully saturated rings. The molecule has 6 unspecified atom stereocenters. The average Bonchev–Trinajstić information content (AvgIpc) is 1.89. The molecule has 0 amide bonds. The van der Waals surface area contributed by atoms with Gasteiger partial charge in [0, 0.05) is 6.42 Å².